The Balaban J connectivity index is 1.87. The van der Waals surface area contributed by atoms with Gasteiger partial charge in [0.25, 0.3) is 5.91 Å². The van der Waals surface area contributed by atoms with E-state index in [0.717, 1.165) is 6.42 Å². The average Bonchev–Trinajstić information content (AvgIpc) is 3.10. The number of pyridine rings is 1. The lowest BCUT2D eigenvalue weighted by molar-refractivity contribution is -0.139. The molecule has 0 aliphatic carbocycles. The minimum atomic E-state index is -4.28. The van der Waals surface area contributed by atoms with E-state index in [1.807, 2.05) is 6.92 Å². The van der Waals surface area contributed by atoms with Gasteiger partial charge in [-0.3, -0.25) is 9.59 Å². The fourth-order valence-corrected chi connectivity index (χ4v) is 2.41. The fourth-order valence-electron chi connectivity index (χ4n) is 2.41. The summed E-state index contributed by atoms with van der Waals surface area (Å²) in [5, 5.41) is 5.45. The van der Waals surface area contributed by atoms with Gasteiger partial charge in [0.1, 0.15) is 5.82 Å². The SMILES string of the molecule is CCCC(=O)Nc1cc(C(=O)NC(C)c2ccc(OCCC(F)(F)F)nc2)c[nH]1. The topological polar surface area (TPSA) is 96.1 Å². The van der Waals surface area contributed by atoms with E-state index in [1.165, 1.54) is 24.5 Å². The van der Waals surface area contributed by atoms with Crippen molar-refractivity contribution in [2.45, 2.75) is 45.3 Å². The summed E-state index contributed by atoms with van der Waals surface area (Å²) in [4.78, 5) is 30.7. The smallest absolute Gasteiger partial charge is 0.392 e. The van der Waals surface area contributed by atoms with Crippen LogP contribution in [0.1, 0.15) is 55.1 Å². The number of H-pyrrole nitrogens is 1. The Kier molecular flexibility index (Phi) is 7.63. The molecule has 0 saturated heterocycles. The number of nitrogens with zero attached hydrogens (tertiary/aromatic N) is 1. The summed E-state index contributed by atoms with van der Waals surface area (Å²) in [6.07, 6.45) is -1.31. The van der Waals surface area contributed by atoms with Crippen molar-refractivity contribution in [3.8, 4) is 5.88 Å². The van der Waals surface area contributed by atoms with Gasteiger partial charge in [0.05, 0.1) is 24.6 Å². The molecule has 7 nitrogen and oxygen atoms in total. The van der Waals surface area contributed by atoms with Crippen molar-refractivity contribution >= 4 is 17.6 Å². The molecule has 1 atom stereocenters. The van der Waals surface area contributed by atoms with Crippen molar-refractivity contribution in [2.24, 2.45) is 0 Å². The molecule has 0 spiro atoms. The first-order chi connectivity index (χ1) is 13.7. The molecule has 0 saturated carbocycles. The third-order valence-corrected chi connectivity index (χ3v) is 3.94. The van der Waals surface area contributed by atoms with Crippen LogP contribution in [0.15, 0.2) is 30.6 Å². The van der Waals surface area contributed by atoms with Gasteiger partial charge in [-0.25, -0.2) is 4.98 Å². The molecule has 29 heavy (non-hydrogen) atoms. The Morgan fingerprint density at radius 3 is 2.69 bits per heavy atom. The van der Waals surface area contributed by atoms with Gasteiger partial charge in [0, 0.05) is 24.9 Å². The largest absolute Gasteiger partial charge is 0.477 e. The molecule has 2 heterocycles. The number of halogens is 3. The number of nitrogens with one attached hydrogen (secondary N) is 3. The number of rotatable bonds is 9. The van der Waals surface area contributed by atoms with Crippen molar-refractivity contribution in [1.82, 2.24) is 15.3 Å². The van der Waals surface area contributed by atoms with Crippen LogP contribution in [0, 0.1) is 0 Å². The summed E-state index contributed by atoms with van der Waals surface area (Å²) in [5.74, 6) is 0.0199. The van der Waals surface area contributed by atoms with Crippen molar-refractivity contribution in [3.63, 3.8) is 0 Å². The summed E-state index contributed by atoms with van der Waals surface area (Å²) in [6, 6.07) is 4.21. The molecule has 1 unspecified atom stereocenters. The highest BCUT2D eigenvalue weighted by Gasteiger charge is 2.26. The predicted molar refractivity (Wildman–Crippen MR) is 101 cm³/mol. The van der Waals surface area contributed by atoms with Crippen molar-refractivity contribution < 1.29 is 27.5 Å². The van der Waals surface area contributed by atoms with Crippen LogP contribution in [0.25, 0.3) is 0 Å². The zero-order valence-electron chi connectivity index (χ0n) is 16.1. The summed E-state index contributed by atoms with van der Waals surface area (Å²) in [5.41, 5.74) is 1.01. The van der Waals surface area contributed by atoms with Crippen LogP contribution < -0.4 is 15.4 Å². The molecular weight excluding hydrogens is 389 g/mol. The Labute approximate surface area is 166 Å². The Bertz CT molecular complexity index is 819. The van der Waals surface area contributed by atoms with Gasteiger partial charge in [-0.05, 0) is 25.0 Å². The standard InChI is InChI=1S/C19H23F3N4O3/c1-3-4-16(27)26-15-9-14(11-23-15)18(28)25-12(2)13-5-6-17(24-10-13)29-8-7-19(20,21)22/h5-6,9-12,23H,3-4,7-8H2,1-2H3,(H,25,28)(H,26,27). The number of aromatic amines is 1. The number of hydrogen-bond donors (Lipinski definition) is 3. The van der Waals surface area contributed by atoms with E-state index < -0.39 is 25.2 Å². The quantitative estimate of drug-likeness (QED) is 0.581. The van der Waals surface area contributed by atoms with E-state index in [1.54, 1.807) is 13.0 Å². The lowest BCUT2D eigenvalue weighted by Gasteiger charge is -2.14. The first-order valence-corrected chi connectivity index (χ1v) is 9.12. The number of amides is 2. The van der Waals surface area contributed by atoms with Crippen LogP contribution in [0.2, 0.25) is 0 Å². The zero-order chi connectivity index (χ0) is 21.4. The lowest BCUT2D eigenvalue weighted by Crippen LogP contribution is -2.26. The number of anilines is 1. The Morgan fingerprint density at radius 1 is 1.31 bits per heavy atom. The second kappa shape index (κ2) is 9.94. The van der Waals surface area contributed by atoms with Gasteiger partial charge >= 0.3 is 6.18 Å². The summed E-state index contributed by atoms with van der Waals surface area (Å²) < 4.78 is 41.3. The number of carbonyl (C=O) groups is 2. The van der Waals surface area contributed by atoms with Gasteiger partial charge in [-0.2, -0.15) is 13.2 Å². The highest BCUT2D eigenvalue weighted by atomic mass is 19.4. The van der Waals surface area contributed by atoms with E-state index in [2.05, 4.69) is 20.6 Å². The first-order valence-electron chi connectivity index (χ1n) is 9.12. The van der Waals surface area contributed by atoms with Crippen LogP contribution in [0.5, 0.6) is 5.88 Å². The van der Waals surface area contributed by atoms with Crippen LogP contribution in [-0.4, -0.2) is 34.6 Å². The molecule has 0 aliphatic heterocycles. The molecule has 0 bridgehead atoms. The van der Waals surface area contributed by atoms with Gasteiger partial charge < -0.3 is 20.4 Å². The Hall–Kier alpha value is -3.04. The van der Waals surface area contributed by atoms with Crippen molar-refractivity contribution in [1.29, 1.82) is 0 Å². The molecule has 10 heteroatoms. The third kappa shape index (κ3) is 7.47. The number of carbonyl (C=O) groups excluding carboxylic acids is 2. The molecule has 0 aromatic carbocycles. The highest BCUT2D eigenvalue weighted by molar-refractivity contribution is 5.97. The molecule has 2 amide bonds. The predicted octanol–water partition coefficient (Wildman–Crippen LogP) is 3.97. The molecule has 158 valence electrons. The maximum absolute atomic E-state index is 12.4. The minimum absolute atomic E-state index is 0.0784. The second-order valence-corrected chi connectivity index (χ2v) is 6.44. The molecule has 0 radical (unpaired) electrons. The minimum Gasteiger partial charge on any atom is -0.477 e. The number of hydrogen-bond acceptors (Lipinski definition) is 4. The molecule has 2 aromatic heterocycles. The normalized spacial score (nSPS) is 12.3. The van der Waals surface area contributed by atoms with E-state index in [9.17, 15) is 22.8 Å². The highest BCUT2D eigenvalue weighted by Crippen LogP contribution is 2.20. The van der Waals surface area contributed by atoms with E-state index in [4.69, 9.17) is 4.74 Å². The molecule has 2 rings (SSSR count). The van der Waals surface area contributed by atoms with Gasteiger partial charge in [0.2, 0.25) is 11.8 Å². The van der Waals surface area contributed by atoms with Crippen molar-refractivity contribution in [3.05, 3.63) is 41.7 Å². The maximum Gasteiger partial charge on any atom is 0.392 e. The lowest BCUT2D eigenvalue weighted by atomic mass is 10.1. The van der Waals surface area contributed by atoms with E-state index >= 15 is 0 Å². The monoisotopic (exact) mass is 412 g/mol. The van der Waals surface area contributed by atoms with Crippen LogP contribution in [0.4, 0.5) is 19.0 Å². The van der Waals surface area contributed by atoms with E-state index in [-0.39, 0.29) is 17.7 Å². The molecule has 2 aromatic rings. The first kappa shape index (κ1) is 22.3. The Morgan fingerprint density at radius 2 is 2.07 bits per heavy atom. The van der Waals surface area contributed by atoms with Crippen LogP contribution >= 0.6 is 0 Å². The fraction of sp³-hybridized carbons (Fsp3) is 0.421. The summed E-state index contributed by atoms with van der Waals surface area (Å²) >= 11 is 0. The third-order valence-electron chi connectivity index (χ3n) is 3.94. The van der Waals surface area contributed by atoms with Gasteiger partial charge in [0.15, 0.2) is 0 Å². The van der Waals surface area contributed by atoms with Gasteiger partial charge in [-0.15, -0.1) is 0 Å². The van der Waals surface area contributed by atoms with Crippen LogP contribution in [-0.2, 0) is 4.79 Å². The molecule has 0 aliphatic rings. The molecule has 0 fully saturated rings. The van der Waals surface area contributed by atoms with E-state index in [0.29, 0.717) is 23.4 Å². The number of alkyl halides is 3. The average molecular weight is 412 g/mol. The van der Waals surface area contributed by atoms with Crippen LogP contribution in [0.3, 0.4) is 0 Å². The van der Waals surface area contributed by atoms with Gasteiger partial charge in [-0.1, -0.05) is 13.0 Å². The summed E-state index contributed by atoms with van der Waals surface area (Å²) in [6.45, 7) is 3.13. The number of aromatic nitrogens is 2. The summed E-state index contributed by atoms with van der Waals surface area (Å²) in [7, 11) is 0. The van der Waals surface area contributed by atoms with Crippen molar-refractivity contribution in [2.75, 3.05) is 11.9 Å². The second-order valence-electron chi connectivity index (χ2n) is 6.44. The molecular formula is C19H23F3N4O3. The maximum atomic E-state index is 12.4. The zero-order valence-corrected chi connectivity index (χ0v) is 16.1. The number of ether oxygens (including phenoxy) is 1. The molecule has 3 N–H and O–H groups in total.